The quantitative estimate of drug-likeness (QED) is 0.849. The van der Waals surface area contributed by atoms with Gasteiger partial charge in [-0.15, -0.1) is 0 Å². The Morgan fingerprint density at radius 1 is 1.45 bits per heavy atom. The molecule has 0 radical (unpaired) electrons. The van der Waals surface area contributed by atoms with Crippen LogP contribution in [0.4, 0.5) is 0 Å². The molecule has 2 aromatic rings. The van der Waals surface area contributed by atoms with Crippen LogP contribution in [0, 0.1) is 6.92 Å². The molecule has 20 heavy (non-hydrogen) atoms. The number of benzene rings is 1. The minimum atomic E-state index is -0.118. The lowest BCUT2D eigenvalue weighted by atomic mass is 10.0. The Kier molecular flexibility index (Phi) is 3.49. The molecule has 1 atom stereocenters. The number of aromatic nitrogens is 1. The van der Waals surface area contributed by atoms with Gasteiger partial charge in [0, 0.05) is 17.6 Å². The van der Waals surface area contributed by atoms with Gasteiger partial charge in [-0.25, -0.2) is 0 Å². The van der Waals surface area contributed by atoms with Crippen LogP contribution in [0.5, 0.6) is 0 Å². The van der Waals surface area contributed by atoms with Gasteiger partial charge in [-0.3, -0.25) is 4.79 Å². The molecule has 1 aliphatic rings. The van der Waals surface area contributed by atoms with E-state index in [1.54, 1.807) is 13.0 Å². The molecule has 3 rings (SSSR count). The molecule has 1 fully saturated rings. The maximum Gasteiger partial charge on any atom is 0.292 e. The van der Waals surface area contributed by atoms with Gasteiger partial charge in [-0.2, -0.15) is 0 Å². The van der Waals surface area contributed by atoms with Crippen molar-refractivity contribution >= 4 is 17.5 Å². The Balaban J connectivity index is 1.90. The average Bonchev–Trinajstić information content (AvgIpc) is 3.07. The maximum absolute atomic E-state index is 12.5. The first-order chi connectivity index (χ1) is 9.66. The van der Waals surface area contributed by atoms with Crippen molar-refractivity contribution in [3.63, 3.8) is 0 Å². The Morgan fingerprint density at radius 2 is 2.25 bits per heavy atom. The minimum Gasteiger partial charge on any atom is -0.351 e. The highest BCUT2D eigenvalue weighted by Crippen LogP contribution is 2.36. The number of hydrogen-bond donors (Lipinski definition) is 0. The monoisotopic (exact) mass is 290 g/mol. The number of carbonyl (C=O) groups excluding carboxylic acids is 1. The second kappa shape index (κ2) is 5.29. The second-order valence-electron chi connectivity index (χ2n) is 5.01. The first kappa shape index (κ1) is 13.2. The van der Waals surface area contributed by atoms with E-state index in [1.165, 1.54) is 0 Å². The Labute approximate surface area is 122 Å². The first-order valence-corrected chi connectivity index (χ1v) is 7.03. The van der Waals surface area contributed by atoms with Gasteiger partial charge in [-0.05, 0) is 31.4 Å². The van der Waals surface area contributed by atoms with Crippen molar-refractivity contribution in [3.8, 4) is 0 Å². The van der Waals surface area contributed by atoms with E-state index in [2.05, 4.69) is 5.16 Å². The molecule has 0 unspecified atom stereocenters. The predicted molar refractivity (Wildman–Crippen MR) is 75.7 cm³/mol. The summed E-state index contributed by atoms with van der Waals surface area (Å²) in [7, 11) is 0. The van der Waals surface area contributed by atoms with Gasteiger partial charge in [0.15, 0.2) is 0 Å². The Morgan fingerprint density at radius 3 is 2.95 bits per heavy atom. The van der Waals surface area contributed by atoms with E-state index in [4.69, 9.17) is 16.1 Å². The van der Waals surface area contributed by atoms with Gasteiger partial charge in [0.05, 0.1) is 11.7 Å². The fraction of sp³-hybridized carbons (Fsp3) is 0.333. The van der Waals surface area contributed by atoms with Crippen LogP contribution >= 0.6 is 11.6 Å². The highest BCUT2D eigenvalue weighted by Gasteiger charge is 2.33. The summed E-state index contributed by atoms with van der Waals surface area (Å²) >= 11 is 6.25. The Hall–Kier alpha value is -1.81. The fourth-order valence-corrected chi connectivity index (χ4v) is 2.95. The molecule has 0 bridgehead atoms. The number of rotatable bonds is 2. The highest BCUT2D eigenvalue weighted by molar-refractivity contribution is 6.31. The zero-order valence-electron chi connectivity index (χ0n) is 11.2. The van der Waals surface area contributed by atoms with Crippen molar-refractivity contribution in [3.05, 3.63) is 52.4 Å². The summed E-state index contributed by atoms with van der Waals surface area (Å²) in [6.07, 6.45) is 1.89. The third-order valence-corrected chi connectivity index (χ3v) is 3.96. The third-order valence-electron chi connectivity index (χ3n) is 3.62. The van der Waals surface area contributed by atoms with E-state index in [0.29, 0.717) is 23.0 Å². The molecule has 1 saturated heterocycles. The van der Waals surface area contributed by atoms with Gasteiger partial charge in [-0.1, -0.05) is 35.0 Å². The van der Waals surface area contributed by atoms with Crippen LogP contribution in [0.1, 0.15) is 40.7 Å². The van der Waals surface area contributed by atoms with E-state index in [0.717, 1.165) is 18.4 Å². The lowest BCUT2D eigenvalue weighted by Crippen LogP contribution is -2.30. The highest BCUT2D eigenvalue weighted by atomic mass is 35.5. The topological polar surface area (TPSA) is 46.3 Å². The first-order valence-electron chi connectivity index (χ1n) is 6.65. The summed E-state index contributed by atoms with van der Waals surface area (Å²) in [5, 5.41) is 4.48. The van der Waals surface area contributed by atoms with Crippen molar-refractivity contribution < 1.29 is 9.32 Å². The lowest BCUT2D eigenvalue weighted by Gasteiger charge is -2.24. The summed E-state index contributed by atoms with van der Waals surface area (Å²) < 4.78 is 5.08. The molecular formula is C15H15ClN2O2. The summed E-state index contributed by atoms with van der Waals surface area (Å²) in [4.78, 5) is 14.3. The fourth-order valence-electron chi connectivity index (χ4n) is 2.68. The van der Waals surface area contributed by atoms with Crippen molar-refractivity contribution in [2.24, 2.45) is 0 Å². The third kappa shape index (κ3) is 2.31. The summed E-state index contributed by atoms with van der Waals surface area (Å²) in [6, 6.07) is 9.36. The van der Waals surface area contributed by atoms with Crippen LogP contribution in [0.3, 0.4) is 0 Å². The molecule has 1 amide bonds. The van der Waals surface area contributed by atoms with Crippen molar-refractivity contribution in [1.29, 1.82) is 0 Å². The molecule has 0 saturated carbocycles. The number of likely N-dealkylation sites (tertiary alicyclic amines) is 1. The van der Waals surface area contributed by atoms with Crippen molar-refractivity contribution in [2.75, 3.05) is 6.54 Å². The normalized spacial score (nSPS) is 18.5. The zero-order chi connectivity index (χ0) is 14.1. The van der Waals surface area contributed by atoms with E-state index in [-0.39, 0.29) is 11.9 Å². The van der Waals surface area contributed by atoms with Gasteiger partial charge >= 0.3 is 0 Å². The molecule has 104 valence electrons. The van der Waals surface area contributed by atoms with Gasteiger partial charge in [0.25, 0.3) is 5.91 Å². The molecule has 2 heterocycles. The van der Waals surface area contributed by atoms with Gasteiger partial charge < -0.3 is 9.42 Å². The van der Waals surface area contributed by atoms with Crippen LogP contribution in [-0.4, -0.2) is 22.5 Å². The Bertz CT molecular complexity index is 638. The maximum atomic E-state index is 12.5. The van der Waals surface area contributed by atoms with E-state index >= 15 is 0 Å². The molecule has 0 spiro atoms. The SMILES string of the molecule is Cc1cc(C(=O)N2CCC[C@H]2c2ccccc2Cl)on1. The molecule has 1 aliphatic heterocycles. The number of nitrogens with zero attached hydrogens (tertiary/aromatic N) is 2. The number of halogens is 1. The smallest absolute Gasteiger partial charge is 0.292 e. The van der Waals surface area contributed by atoms with Crippen LogP contribution in [0.15, 0.2) is 34.9 Å². The molecule has 1 aromatic carbocycles. The number of hydrogen-bond acceptors (Lipinski definition) is 3. The average molecular weight is 291 g/mol. The van der Waals surface area contributed by atoms with Crippen molar-refractivity contribution in [1.82, 2.24) is 10.1 Å². The molecule has 4 nitrogen and oxygen atoms in total. The van der Waals surface area contributed by atoms with E-state index in [1.807, 2.05) is 29.2 Å². The summed E-state index contributed by atoms with van der Waals surface area (Å²) in [5.41, 5.74) is 1.71. The summed E-state index contributed by atoms with van der Waals surface area (Å²) in [6.45, 7) is 2.52. The number of aryl methyl sites for hydroxylation is 1. The second-order valence-corrected chi connectivity index (χ2v) is 5.42. The van der Waals surface area contributed by atoms with Crippen LogP contribution in [-0.2, 0) is 0 Å². The van der Waals surface area contributed by atoms with Crippen LogP contribution < -0.4 is 0 Å². The molecule has 5 heteroatoms. The molecular weight excluding hydrogens is 276 g/mol. The van der Waals surface area contributed by atoms with Crippen molar-refractivity contribution in [2.45, 2.75) is 25.8 Å². The van der Waals surface area contributed by atoms with E-state index in [9.17, 15) is 4.79 Å². The minimum absolute atomic E-state index is 0.0154. The molecule has 0 N–H and O–H groups in total. The zero-order valence-corrected chi connectivity index (χ0v) is 11.9. The van der Waals surface area contributed by atoms with E-state index < -0.39 is 0 Å². The predicted octanol–water partition coefficient (Wildman–Crippen LogP) is 3.61. The van der Waals surface area contributed by atoms with Crippen LogP contribution in [0.2, 0.25) is 5.02 Å². The molecule has 0 aliphatic carbocycles. The van der Waals surface area contributed by atoms with Gasteiger partial charge in [0.2, 0.25) is 5.76 Å². The summed E-state index contributed by atoms with van der Waals surface area (Å²) in [5.74, 6) is 0.175. The number of carbonyl (C=O) groups is 1. The number of amides is 1. The van der Waals surface area contributed by atoms with Gasteiger partial charge in [0.1, 0.15) is 0 Å². The standard InChI is InChI=1S/C15H15ClN2O2/c1-10-9-14(20-17-10)15(19)18-8-4-7-13(18)11-5-2-3-6-12(11)16/h2-3,5-6,9,13H,4,7-8H2,1H3/t13-/m0/s1. The van der Waals surface area contributed by atoms with Crippen LogP contribution in [0.25, 0.3) is 0 Å². The lowest BCUT2D eigenvalue weighted by molar-refractivity contribution is 0.0693. The molecule has 1 aromatic heterocycles. The largest absolute Gasteiger partial charge is 0.351 e.